The topological polar surface area (TPSA) is 108 Å². The summed E-state index contributed by atoms with van der Waals surface area (Å²) in [5.74, 6) is -1.47. The molecule has 9 heteroatoms. The van der Waals surface area contributed by atoms with Crippen LogP contribution in [0, 0.1) is 0 Å². The van der Waals surface area contributed by atoms with Gasteiger partial charge in [-0.25, -0.2) is 14.6 Å². The molecule has 8 nitrogen and oxygen atoms in total. The molecule has 0 saturated heterocycles. The number of aromatic nitrogens is 1. The Kier molecular flexibility index (Phi) is 7.11. The van der Waals surface area contributed by atoms with Crippen LogP contribution in [0.5, 0.6) is 0 Å². The van der Waals surface area contributed by atoms with Crippen LogP contribution in [-0.4, -0.2) is 35.5 Å². The number of thiophene rings is 1. The van der Waals surface area contributed by atoms with Crippen molar-refractivity contribution in [3.63, 3.8) is 0 Å². The number of nitrogens with zero attached hydrogens (tertiary/aromatic N) is 1. The lowest BCUT2D eigenvalue weighted by Gasteiger charge is -2.17. The molecule has 0 saturated carbocycles. The van der Waals surface area contributed by atoms with Crippen LogP contribution in [0.25, 0.3) is 33.0 Å². The minimum Gasteiger partial charge on any atom is -0.462 e. The number of benzene rings is 3. The van der Waals surface area contributed by atoms with Gasteiger partial charge in [-0.05, 0) is 67.6 Å². The number of oxazole rings is 1. The Hall–Kier alpha value is -4.76. The summed E-state index contributed by atoms with van der Waals surface area (Å²) in [7, 11) is 0. The standard InChI is InChI=1S/C32H26N2O6S/c1-3-38-32(37)26-23-17-16-19-10-4-5-11-20(19)27(23)41-30(26)34-28(35)18(2)39-31(36)22-13-7-6-12-21(22)29-33-24-14-8-9-15-25(24)40-29/h4-15,18H,3,16-17H2,1-2H3,(H,34,35). The van der Waals surface area contributed by atoms with Gasteiger partial charge in [0.15, 0.2) is 11.7 Å². The Balaban J connectivity index is 1.25. The maximum Gasteiger partial charge on any atom is 0.341 e. The molecule has 1 N–H and O–H groups in total. The van der Waals surface area contributed by atoms with E-state index in [0.29, 0.717) is 33.6 Å². The maximum absolute atomic E-state index is 13.3. The molecule has 0 radical (unpaired) electrons. The molecule has 0 spiro atoms. The van der Waals surface area contributed by atoms with E-state index in [1.165, 1.54) is 23.8 Å². The predicted molar refractivity (Wildman–Crippen MR) is 156 cm³/mol. The summed E-state index contributed by atoms with van der Waals surface area (Å²) in [5.41, 5.74) is 5.38. The number of ether oxygens (including phenoxy) is 2. The van der Waals surface area contributed by atoms with Gasteiger partial charge in [-0.3, -0.25) is 4.79 Å². The molecule has 1 aliphatic carbocycles. The highest BCUT2D eigenvalue weighted by Gasteiger charge is 2.31. The molecule has 1 amide bonds. The van der Waals surface area contributed by atoms with E-state index in [9.17, 15) is 14.4 Å². The van der Waals surface area contributed by atoms with Gasteiger partial charge in [0.25, 0.3) is 5.91 Å². The van der Waals surface area contributed by atoms with Crippen LogP contribution in [0.3, 0.4) is 0 Å². The SMILES string of the molecule is CCOC(=O)c1c(NC(=O)C(C)OC(=O)c2ccccc2-c2nc3ccccc3o2)sc2c1CCc1ccccc1-2. The van der Waals surface area contributed by atoms with Gasteiger partial charge >= 0.3 is 11.9 Å². The van der Waals surface area contributed by atoms with Crippen molar-refractivity contribution in [3.8, 4) is 21.9 Å². The summed E-state index contributed by atoms with van der Waals surface area (Å²) < 4.78 is 16.8. The number of anilines is 1. The lowest BCUT2D eigenvalue weighted by molar-refractivity contribution is -0.123. The summed E-state index contributed by atoms with van der Waals surface area (Å²) >= 11 is 1.33. The molecule has 6 rings (SSSR count). The summed E-state index contributed by atoms with van der Waals surface area (Å²) in [6.07, 6.45) is 0.290. The Morgan fingerprint density at radius 1 is 0.951 bits per heavy atom. The first-order valence-corrected chi connectivity index (χ1v) is 14.1. The molecule has 2 aromatic heterocycles. The zero-order valence-corrected chi connectivity index (χ0v) is 23.2. The average Bonchev–Trinajstić information content (AvgIpc) is 3.59. The van der Waals surface area contributed by atoms with E-state index in [2.05, 4.69) is 16.4 Å². The number of carbonyl (C=O) groups excluding carboxylic acids is 3. The molecule has 41 heavy (non-hydrogen) atoms. The van der Waals surface area contributed by atoms with Gasteiger partial charge in [0.05, 0.1) is 23.3 Å². The number of hydrogen-bond acceptors (Lipinski definition) is 8. The summed E-state index contributed by atoms with van der Waals surface area (Å²) in [6.45, 7) is 3.44. The molecule has 2 heterocycles. The summed E-state index contributed by atoms with van der Waals surface area (Å²) in [6, 6.07) is 22.1. The van der Waals surface area contributed by atoms with E-state index in [1.807, 2.05) is 36.4 Å². The number of esters is 2. The number of fused-ring (bicyclic) bond motifs is 4. The van der Waals surface area contributed by atoms with Crippen LogP contribution >= 0.6 is 11.3 Å². The normalized spacial score (nSPS) is 12.7. The highest BCUT2D eigenvalue weighted by molar-refractivity contribution is 7.20. The highest BCUT2D eigenvalue weighted by Crippen LogP contribution is 2.45. The van der Waals surface area contributed by atoms with Crippen molar-refractivity contribution >= 4 is 45.3 Å². The van der Waals surface area contributed by atoms with Crippen molar-refractivity contribution in [1.29, 1.82) is 0 Å². The van der Waals surface area contributed by atoms with E-state index < -0.39 is 23.9 Å². The highest BCUT2D eigenvalue weighted by atomic mass is 32.1. The van der Waals surface area contributed by atoms with Gasteiger partial charge in [-0.15, -0.1) is 11.3 Å². The third-order valence-electron chi connectivity index (χ3n) is 6.95. The van der Waals surface area contributed by atoms with E-state index in [0.717, 1.165) is 22.4 Å². The third-order valence-corrected chi connectivity index (χ3v) is 8.13. The molecule has 0 aliphatic heterocycles. The molecular formula is C32H26N2O6S. The lowest BCUT2D eigenvalue weighted by Crippen LogP contribution is -2.30. The number of hydrogen-bond donors (Lipinski definition) is 1. The second kappa shape index (κ2) is 11.0. The second-order valence-electron chi connectivity index (χ2n) is 9.56. The van der Waals surface area contributed by atoms with Crippen LogP contribution in [-0.2, 0) is 27.1 Å². The first kappa shape index (κ1) is 26.5. The fourth-order valence-corrected chi connectivity index (χ4v) is 6.27. The second-order valence-corrected chi connectivity index (χ2v) is 10.6. The van der Waals surface area contributed by atoms with E-state index in [-0.39, 0.29) is 18.1 Å². The number of rotatable bonds is 7. The molecule has 1 unspecified atom stereocenters. The number of nitrogens with one attached hydrogen (secondary N) is 1. The predicted octanol–water partition coefficient (Wildman–Crippen LogP) is 6.68. The number of aryl methyl sites for hydroxylation is 1. The van der Waals surface area contributed by atoms with Gasteiger partial charge < -0.3 is 19.2 Å². The monoisotopic (exact) mass is 566 g/mol. The lowest BCUT2D eigenvalue weighted by atomic mass is 9.89. The van der Waals surface area contributed by atoms with Crippen LogP contribution in [0.4, 0.5) is 5.00 Å². The van der Waals surface area contributed by atoms with Crippen molar-refractivity contribution in [3.05, 3.63) is 95.1 Å². The molecule has 5 aromatic rings. The van der Waals surface area contributed by atoms with Crippen molar-refractivity contribution in [2.75, 3.05) is 11.9 Å². The Bertz CT molecular complexity index is 1770. The fourth-order valence-electron chi connectivity index (χ4n) is 4.97. The smallest absolute Gasteiger partial charge is 0.341 e. The first-order chi connectivity index (χ1) is 19.9. The average molecular weight is 567 g/mol. The van der Waals surface area contributed by atoms with Crippen LogP contribution in [0.1, 0.15) is 45.7 Å². The van der Waals surface area contributed by atoms with Crippen molar-refractivity contribution < 1.29 is 28.3 Å². The molecule has 1 atom stereocenters. The van der Waals surface area contributed by atoms with Crippen molar-refractivity contribution in [2.45, 2.75) is 32.8 Å². The van der Waals surface area contributed by atoms with E-state index >= 15 is 0 Å². The largest absolute Gasteiger partial charge is 0.462 e. The molecule has 206 valence electrons. The van der Waals surface area contributed by atoms with Crippen molar-refractivity contribution in [1.82, 2.24) is 4.98 Å². The quantitative estimate of drug-likeness (QED) is 0.219. The zero-order valence-electron chi connectivity index (χ0n) is 22.4. The molecule has 0 fully saturated rings. The Labute approximate surface area is 239 Å². The van der Waals surface area contributed by atoms with Gasteiger partial charge in [0, 0.05) is 4.88 Å². The van der Waals surface area contributed by atoms with Gasteiger partial charge in [-0.1, -0.05) is 48.5 Å². The van der Waals surface area contributed by atoms with Crippen LogP contribution in [0.15, 0.2) is 77.2 Å². The van der Waals surface area contributed by atoms with Crippen LogP contribution < -0.4 is 5.32 Å². The Morgan fingerprint density at radius 2 is 1.68 bits per heavy atom. The number of carbonyl (C=O) groups is 3. The minimum atomic E-state index is -1.15. The molecule has 0 bridgehead atoms. The van der Waals surface area contributed by atoms with Gasteiger partial charge in [-0.2, -0.15) is 0 Å². The third kappa shape index (κ3) is 5.00. The molecule has 3 aromatic carbocycles. The van der Waals surface area contributed by atoms with Crippen LogP contribution in [0.2, 0.25) is 0 Å². The molecular weight excluding hydrogens is 540 g/mol. The van der Waals surface area contributed by atoms with Gasteiger partial charge in [0.1, 0.15) is 10.5 Å². The first-order valence-electron chi connectivity index (χ1n) is 13.3. The minimum absolute atomic E-state index is 0.209. The summed E-state index contributed by atoms with van der Waals surface area (Å²) in [4.78, 5) is 44.9. The maximum atomic E-state index is 13.3. The van der Waals surface area contributed by atoms with E-state index in [1.54, 1.807) is 37.3 Å². The molecule has 1 aliphatic rings. The van der Waals surface area contributed by atoms with E-state index in [4.69, 9.17) is 13.9 Å². The summed E-state index contributed by atoms with van der Waals surface area (Å²) in [5, 5.41) is 3.21. The Morgan fingerprint density at radius 3 is 2.49 bits per heavy atom. The van der Waals surface area contributed by atoms with Gasteiger partial charge in [0.2, 0.25) is 5.89 Å². The number of para-hydroxylation sites is 2. The fraction of sp³-hybridized carbons (Fsp3) is 0.188. The van der Waals surface area contributed by atoms with Crippen molar-refractivity contribution in [2.24, 2.45) is 0 Å². The zero-order chi connectivity index (χ0) is 28.5. The number of amides is 1.